The number of ether oxygens (including phenoxy) is 1. The fraction of sp³-hybridized carbons (Fsp3) is 0.0870. The maximum absolute atomic E-state index is 12.1. The van der Waals surface area contributed by atoms with Gasteiger partial charge in [0.1, 0.15) is 0 Å². The molecule has 5 nitrogen and oxygen atoms in total. The van der Waals surface area contributed by atoms with E-state index in [2.05, 4.69) is 0 Å². The number of nitrogens with zero attached hydrogens (tertiary/aromatic N) is 1. The van der Waals surface area contributed by atoms with Gasteiger partial charge in [-0.05, 0) is 41.0 Å². The lowest BCUT2D eigenvalue weighted by Gasteiger charge is -2.14. The van der Waals surface area contributed by atoms with Gasteiger partial charge in [0.15, 0.2) is 17.3 Å². The number of hydrogen-bond donors (Lipinski definition) is 2. The first kappa shape index (κ1) is 19.2. The molecule has 0 aromatic heterocycles. The number of carbonyl (C=O) groups is 1. The van der Waals surface area contributed by atoms with Crippen LogP contribution in [0.15, 0.2) is 90.2 Å². The number of phenolic OH excluding ortho intramolecular Hbond substituents is 1. The molecule has 0 spiro atoms. The van der Waals surface area contributed by atoms with Crippen molar-refractivity contribution in [3.63, 3.8) is 0 Å². The van der Waals surface area contributed by atoms with E-state index in [1.165, 1.54) is 19.4 Å². The summed E-state index contributed by atoms with van der Waals surface area (Å²) < 4.78 is 5.10. The molecule has 1 aliphatic carbocycles. The normalized spacial score (nSPS) is 15.1. The largest absolute Gasteiger partial charge is 0.504 e. The van der Waals surface area contributed by atoms with Gasteiger partial charge in [0.25, 0.3) is 0 Å². The molecule has 0 heterocycles. The Morgan fingerprint density at radius 1 is 1.07 bits per heavy atom. The zero-order chi connectivity index (χ0) is 19.9. The van der Waals surface area contributed by atoms with Gasteiger partial charge < -0.3 is 9.84 Å². The van der Waals surface area contributed by atoms with Crippen molar-refractivity contribution in [2.24, 2.45) is 0 Å². The summed E-state index contributed by atoms with van der Waals surface area (Å²) in [5.74, 6) is 0.298. The van der Waals surface area contributed by atoms with Crippen molar-refractivity contribution in [1.29, 1.82) is 0 Å². The molecule has 0 fully saturated rings. The first-order valence-electron chi connectivity index (χ1n) is 8.75. The minimum absolute atomic E-state index is 0.0775. The third-order valence-corrected chi connectivity index (χ3v) is 4.18. The zero-order valence-corrected chi connectivity index (χ0v) is 15.4. The lowest BCUT2D eigenvalue weighted by molar-refractivity contribution is -0.111. The summed E-state index contributed by atoms with van der Waals surface area (Å²) in [5, 5.41) is 20.8. The Morgan fingerprint density at radius 3 is 2.61 bits per heavy atom. The van der Waals surface area contributed by atoms with Gasteiger partial charge in [-0.2, -0.15) is 0 Å². The summed E-state index contributed by atoms with van der Waals surface area (Å²) in [6.45, 7) is 0.285. The van der Waals surface area contributed by atoms with E-state index in [-0.39, 0.29) is 18.1 Å². The number of phenols is 1. The van der Waals surface area contributed by atoms with Gasteiger partial charge in [-0.25, -0.2) is 0 Å². The lowest BCUT2D eigenvalue weighted by atomic mass is 10.0. The molecule has 0 unspecified atom stereocenters. The molecule has 0 saturated carbocycles. The number of hydroxylamine groups is 2. The highest BCUT2D eigenvalue weighted by atomic mass is 16.5. The van der Waals surface area contributed by atoms with Crippen molar-refractivity contribution in [2.75, 3.05) is 7.11 Å². The minimum Gasteiger partial charge on any atom is -0.504 e. The summed E-state index contributed by atoms with van der Waals surface area (Å²) in [6.07, 6.45) is 10.0. The maximum atomic E-state index is 12.1. The second-order valence-corrected chi connectivity index (χ2v) is 6.27. The van der Waals surface area contributed by atoms with Crippen molar-refractivity contribution >= 4 is 11.9 Å². The molecule has 0 atom stereocenters. The minimum atomic E-state index is -0.171. The second-order valence-electron chi connectivity index (χ2n) is 6.27. The third kappa shape index (κ3) is 4.99. The van der Waals surface area contributed by atoms with Crippen molar-refractivity contribution in [3.05, 3.63) is 101 Å². The van der Waals surface area contributed by atoms with Crippen molar-refractivity contribution in [1.82, 2.24) is 5.06 Å². The fourth-order valence-corrected chi connectivity index (χ4v) is 2.74. The highest BCUT2D eigenvalue weighted by Crippen LogP contribution is 2.27. The molecular formula is C23H21NO4. The number of hydrogen-bond acceptors (Lipinski definition) is 5. The molecule has 0 bridgehead atoms. The molecule has 0 saturated heterocycles. The van der Waals surface area contributed by atoms with E-state index < -0.39 is 0 Å². The van der Waals surface area contributed by atoms with Gasteiger partial charge in [-0.3, -0.25) is 15.1 Å². The van der Waals surface area contributed by atoms with Crippen LogP contribution < -0.4 is 4.74 Å². The molecule has 0 aliphatic heterocycles. The molecule has 3 rings (SSSR count). The van der Waals surface area contributed by atoms with Gasteiger partial charge in [0, 0.05) is 11.8 Å². The van der Waals surface area contributed by atoms with E-state index >= 15 is 0 Å². The molecule has 1 aliphatic rings. The van der Waals surface area contributed by atoms with Crippen LogP contribution in [-0.4, -0.2) is 28.3 Å². The van der Waals surface area contributed by atoms with Crippen LogP contribution in [0.2, 0.25) is 0 Å². The van der Waals surface area contributed by atoms with Gasteiger partial charge in [-0.15, -0.1) is 0 Å². The summed E-state index contributed by atoms with van der Waals surface area (Å²) in [4.78, 5) is 12.1. The average Bonchev–Trinajstić information content (AvgIpc) is 2.70. The van der Waals surface area contributed by atoms with Crippen LogP contribution in [0.1, 0.15) is 11.1 Å². The molecule has 0 amide bonds. The SMILES string of the molecule is COc1cc(/C=C/C2=CC(=CN(O)Cc3ccccc3)C(=O)C=C2)ccc1O. The van der Waals surface area contributed by atoms with E-state index in [9.17, 15) is 15.1 Å². The van der Waals surface area contributed by atoms with Crippen molar-refractivity contribution in [3.8, 4) is 11.5 Å². The van der Waals surface area contributed by atoms with Gasteiger partial charge in [0.2, 0.25) is 0 Å². The van der Waals surface area contributed by atoms with Crippen LogP contribution in [0.3, 0.4) is 0 Å². The quantitative estimate of drug-likeness (QED) is 0.583. The van der Waals surface area contributed by atoms with E-state index in [0.29, 0.717) is 11.3 Å². The highest BCUT2D eigenvalue weighted by Gasteiger charge is 2.11. The summed E-state index contributed by atoms with van der Waals surface area (Å²) in [5.41, 5.74) is 2.99. The Balaban J connectivity index is 1.75. The molecular weight excluding hydrogens is 354 g/mol. The summed E-state index contributed by atoms with van der Waals surface area (Å²) >= 11 is 0. The van der Waals surface area contributed by atoms with Crippen LogP contribution in [0.4, 0.5) is 0 Å². The predicted octanol–water partition coefficient (Wildman–Crippen LogP) is 4.25. The lowest BCUT2D eigenvalue weighted by Crippen LogP contribution is -2.14. The standard InChI is InChI=1S/C23H21NO4/c1-28-23-14-18(10-12-22(23)26)8-7-17-9-11-21(25)20(13-17)16-24(27)15-19-5-3-2-4-6-19/h2-14,16,26-27H,15H2,1H3/b8-7+,20-16?. The number of rotatable bonds is 6. The first-order valence-corrected chi connectivity index (χ1v) is 8.75. The smallest absolute Gasteiger partial charge is 0.187 e. The Hall–Kier alpha value is -3.57. The van der Waals surface area contributed by atoms with Gasteiger partial charge >= 0.3 is 0 Å². The molecule has 28 heavy (non-hydrogen) atoms. The molecule has 2 N–H and O–H groups in total. The monoisotopic (exact) mass is 375 g/mol. The van der Waals surface area contributed by atoms with Crippen LogP contribution in [0.25, 0.3) is 6.08 Å². The van der Waals surface area contributed by atoms with Crippen molar-refractivity contribution < 1.29 is 19.8 Å². The van der Waals surface area contributed by atoms with E-state index in [4.69, 9.17) is 4.74 Å². The van der Waals surface area contributed by atoms with Gasteiger partial charge in [-0.1, -0.05) is 54.6 Å². The van der Waals surface area contributed by atoms with E-state index in [0.717, 1.165) is 21.8 Å². The number of aromatic hydroxyl groups is 1. The zero-order valence-electron chi connectivity index (χ0n) is 15.4. The third-order valence-electron chi connectivity index (χ3n) is 4.18. The fourth-order valence-electron chi connectivity index (χ4n) is 2.74. The number of carbonyl (C=O) groups excluding carboxylic acids is 1. The molecule has 5 heteroatoms. The number of allylic oxidation sites excluding steroid dienone is 6. The Bertz CT molecular complexity index is 971. The van der Waals surface area contributed by atoms with E-state index in [1.807, 2.05) is 42.5 Å². The first-order chi connectivity index (χ1) is 13.5. The number of ketones is 1. The molecule has 0 radical (unpaired) electrons. The topological polar surface area (TPSA) is 70.0 Å². The predicted molar refractivity (Wildman–Crippen MR) is 108 cm³/mol. The molecule has 2 aromatic rings. The summed E-state index contributed by atoms with van der Waals surface area (Å²) in [6, 6.07) is 14.5. The van der Waals surface area contributed by atoms with Crippen LogP contribution in [0, 0.1) is 0 Å². The number of methoxy groups -OCH3 is 1. The molecule has 142 valence electrons. The maximum Gasteiger partial charge on any atom is 0.187 e. The average molecular weight is 375 g/mol. The highest BCUT2D eigenvalue weighted by molar-refractivity contribution is 6.08. The van der Waals surface area contributed by atoms with Crippen LogP contribution in [0.5, 0.6) is 11.5 Å². The van der Waals surface area contributed by atoms with Crippen LogP contribution >= 0.6 is 0 Å². The summed E-state index contributed by atoms with van der Waals surface area (Å²) in [7, 11) is 1.49. The molecule has 2 aromatic carbocycles. The second kappa shape index (κ2) is 8.88. The van der Waals surface area contributed by atoms with Crippen molar-refractivity contribution in [2.45, 2.75) is 6.54 Å². The van der Waals surface area contributed by atoms with Gasteiger partial charge in [0.05, 0.1) is 13.7 Å². The Labute approximate surface area is 163 Å². The van der Waals surface area contributed by atoms with Crippen LogP contribution in [-0.2, 0) is 11.3 Å². The van der Waals surface area contributed by atoms with E-state index in [1.54, 1.807) is 30.4 Å². The Morgan fingerprint density at radius 2 is 1.86 bits per heavy atom. The Kier molecular flexibility index (Phi) is 6.09. The number of benzene rings is 2.